The minimum Gasteiger partial charge on any atom is -0.356 e. The van der Waals surface area contributed by atoms with E-state index in [-0.39, 0.29) is 22.7 Å². The van der Waals surface area contributed by atoms with Crippen LogP contribution < -0.4 is 5.32 Å². The van der Waals surface area contributed by atoms with Crippen LogP contribution in [0.2, 0.25) is 0 Å². The summed E-state index contributed by atoms with van der Waals surface area (Å²) in [5, 5.41) is 3.08. The summed E-state index contributed by atoms with van der Waals surface area (Å²) in [4.78, 5) is 36.0. The number of carbonyl (C=O) groups is 3. The van der Waals surface area contributed by atoms with E-state index < -0.39 is 0 Å². The number of rotatable bonds is 5. The monoisotopic (exact) mass is 445 g/mol. The number of fused-ring (bicyclic) bond motifs is 5. The van der Waals surface area contributed by atoms with Crippen LogP contribution in [-0.4, -0.2) is 29.1 Å². The molecule has 4 rings (SSSR count). The van der Waals surface area contributed by atoms with Crippen LogP contribution >= 0.6 is 11.8 Å². The quantitative estimate of drug-likeness (QED) is 0.593. The molecule has 0 aromatic carbocycles. The maximum atomic E-state index is 13.0. The smallest absolute Gasteiger partial charge is 0.216 e. The third-order valence-electron chi connectivity index (χ3n) is 9.73. The van der Waals surface area contributed by atoms with Gasteiger partial charge in [-0.1, -0.05) is 38.1 Å². The second-order valence-corrected chi connectivity index (χ2v) is 12.2. The Kier molecular flexibility index (Phi) is 6.46. The highest BCUT2D eigenvalue weighted by Crippen LogP contribution is 2.67. The lowest BCUT2D eigenvalue weighted by Crippen LogP contribution is -2.51. The highest BCUT2D eigenvalue weighted by Gasteiger charge is 2.59. The van der Waals surface area contributed by atoms with E-state index in [0.717, 1.165) is 25.2 Å². The molecule has 4 aliphatic carbocycles. The molecule has 3 saturated carbocycles. The van der Waals surface area contributed by atoms with Crippen molar-refractivity contribution in [2.24, 2.45) is 40.4 Å². The molecular formula is C26H39NO3S. The average molecular weight is 446 g/mol. The Morgan fingerprint density at radius 3 is 2.65 bits per heavy atom. The van der Waals surface area contributed by atoms with Crippen LogP contribution in [0.5, 0.6) is 0 Å². The Labute approximate surface area is 191 Å². The summed E-state index contributed by atoms with van der Waals surface area (Å²) in [5.74, 6) is 3.66. The fraction of sp³-hybridized carbons (Fsp3) is 0.808. The van der Waals surface area contributed by atoms with Crippen molar-refractivity contribution in [1.29, 1.82) is 0 Å². The first-order valence-corrected chi connectivity index (χ1v) is 13.3. The van der Waals surface area contributed by atoms with Crippen LogP contribution in [-0.2, 0) is 14.4 Å². The number of nitrogens with one attached hydrogen (secondary N) is 1. The maximum Gasteiger partial charge on any atom is 0.216 e. The van der Waals surface area contributed by atoms with Gasteiger partial charge in [0.25, 0.3) is 0 Å². The number of hydrogen-bond acceptors (Lipinski definition) is 4. The van der Waals surface area contributed by atoms with Crippen LogP contribution in [0.25, 0.3) is 0 Å². The van der Waals surface area contributed by atoms with Gasteiger partial charge in [0, 0.05) is 31.6 Å². The summed E-state index contributed by atoms with van der Waals surface area (Å²) >= 11 is 1.40. The molecule has 4 aliphatic rings. The number of allylic oxidation sites excluding steroid dienone is 1. The molecule has 0 spiro atoms. The van der Waals surface area contributed by atoms with Crippen molar-refractivity contribution < 1.29 is 14.4 Å². The maximum absolute atomic E-state index is 13.0. The van der Waals surface area contributed by atoms with Crippen molar-refractivity contribution in [3.05, 3.63) is 11.6 Å². The predicted molar refractivity (Wildman–Crippen MR) is 126 cm³/mol. The summed E-state index contributed by atoms with van der Waals surface area (Å²) in [7, 11) is 0. The molecule has 0 heterocycles. The van der Waals surface area contributed by atoms with E-state index in [9.17, 15) is 14.4 Å². The van der Waals surface area contributed by atoms with E-state index in [1.165, 1.54) is 56.4 Å². The third kappa shape index (κ3) is 4.05. The molecule has 4 nitrogen and oxygen atoms in total. The Bertz CT molecular complexity index is 792. The molecule has 7 atom stereocenters. The van der Waals surface area contributed by atoms with E-state index in [4.69, 9.17) is 0 Å². The zero-order valence-electron chi connectivity index (χ0n) is 19.7. The van der Waals surface area contributed by atoms with Gasteiger partial charge in [-0.2, -0.15) is 0 Å². The van der Waals surface area contributed by atoms with Gasteiger partial charge in [-0.25, -0.2) is 0 Å². The Balaban J connectivity index is 1.45. The van der Waals surface area contributed by atoms with Crippen LogP contribution in [0, 0.1) is 40.4 Å². The molecule has 1 N–H and O–H groups in total. The molecule has 0 aliphatic heterocycles. The summed E-state index contributed by atoms with van der Waals surface area (Å²) < 4.78 is 0. The predicted octanol–water partition coefficient (Wildman–Crippen LogP) is 5.17. The van der Waals surface area contributed by atoms with Gasteiger partial charge in [0.2, 0.25) is 5.91 Å². The summed E-state index contributed by atoms with van der Waals surface area (Å²) in [5.41, 5.74) is 1.91. The first kappa shape index (κ1) is 23.1. The minimum atomic E-state index is -0.0366. The second kappa shape index (κ2) is 8.68. The molecule has 0 aromatic heterocycles. The van der Waals surface area contributed by atoms with Crippen molar-refractivity contribution in [3.8, 4) is 0 Å². The zero-order valence-corrected chi connectivity index (χ0v) is 20.5. The van der Waals surface area contributed by atoms with Gasteiger partial charge in [-0.3, -0.25) is 14.4 Å². The fourth-order valence-electron chi connectivity index (χ4n) is 8.10. The van der Waals surface area contributed by atoms with Crippen molar-refractivity contribution in [2.75, 3.05) is 12.3 Å². The van der Waals surface area contributed by atoms with E-state index in [1.54, 1.807) is 0 Å². The Hall–Kier alpha value is -1.10. The number of hydrogen-bond donors (Lipinski definition) is 1. The van der Waals surface area contributed by atoms with Gasteiger partial charge in [0.15, 0.2) is 10.9 Å². The number of carbonyl (C=O) groups excluding carboxylic acids is 3. The lowest BCUT2D eigenvalue weighted by Gasteiger charge is -2.58. The normalized spacial score (nSPS) is 40.3. The standard InChI is InChI=1S/C26H39NO3S/c1-16(24(30)31-14-13-27-17(2)28)21-7-8-22-20-6-5-18-15-19(29)9-11-25(18,3)23(20)10-12-26(21,22)4/h15-16,20-23H,5-14H2,1-4H3,(H,27,28)/t16-,20-,21+,22-,23-,25-,26+/m0/s1. The van der Waals surface area contributed by atoms with Gasteiger partial charge < -0.3 is 5.32 Å². The lowest BCUT2D eigenvalue weighted by molar-refractivity contribution is -0.120. The third-order valence-corrected chi connectivity index (χ3v) is 10.8. The number of amides is 1. The van der Waals surface area contributed by atoms with Crippen molar-refractivity contribution in [2.45, 2.75) is 79.1 Å². The Morgan fingerprint density at radius 2 is 1.90 bits per heavy atom. The molecular weight excluding hydrogens is 406 g/mol. The molecule has 0 radical (unpaired) electrons. The van der Waals surface area contributed by atoms with Gasteiger partial charge in [0.1, 0.15) is 0 Å². The molecule has 0 bridgehead atoms. The molecule has 0 unspecified atom stereocenters. The van der Waals surface area contributed by atoms with E-state index in [2.05, 4.69) is 26.1 Å². The van der Waals surface area contributed by atoms with E-state index in [0.29, 0.717) is 40.9 Å². The summed E-state index contributed by atoms with van der Waals surface area (Å²) in [6.45, 7) is 9.14. The average Bonchev–Trinajstić information content (AvgIpc) is 3.08. The highest BCUT2D eigenvalue weighted by atomic mass is 32.2. The van der Waals surface area contributed by atoms with Gasteiger partial charge in [-0.05, 0) is 85.5 Å². The van der Waals surface area contributed by atoms with Crippen molar-refractivity contribution in [3.63, 3.8) is 0 Å². The van der Waals surface area contributed by atoms with Crippen LogP contribution in [0.4, 0.5) is 0 Å². The van der Waals surface area contributed by atoms with Gasteiger partial charge >= 0.3 is 0 Å². The fourth-order valence-corrected chi connectivity index (χ4v) is 8.93. The van der Waals surface area contributed by atoms with Crippen LogP contribution in [0.3, 0.4) is 0 Å². The van der Waals surface area contributed by atoms with Crippen molar-refractivity contribution >= 4 is 28.6 Å². The van der Waals surface area contributed by atoms with E-state index in [1.807, 2.05) is 6.08 Å². The SMILES string of the molecule is CC(=O)NCCSC(=O)[C@@H](C)[C@H]1CC[C@H]2[C@@H]3CCC4=CC(=O)CC[C@]4(C)[C@H]3CC[C@]12C. The topological polar surface area (TPSA) is 63.2 Å². The zero-order chi connectivity index (χ0) is 22.4. The molecule has 5 heteroatoms. The Morgan fingerprint density at radius 1 is 1.13 bits per heavy atom. The molecule has 172 valence electrons. The summed E-state index contributed by atoms with van der Waals surface area (Å²) in [6, 6.07) is 0. The molecule has 3 fully saturated rings. The van der Waals surface area contributed by atoms with E-state index >= 15 is 0 Å². The largest absolute Gasteiger partial charge is 0.356 e. The van der Waals surface area contributed by atoms with Crippen LogP contribution in [0.1, 0.15) is 79.1 Å². The van der Waals surface area contributed by atoms with Gasteiger partial charge in [-0.15, -0.1) is 0 Å². The lowest BCUT2D eigenvalue weighted by atomic mass is 9.46. The minimum absolute atomic E-state index is 0.0366. The molecule has 31 heavy (non-hydrogen) atoms. The highest BCUT2D eigenvalue weighted by molar-refractivity contribution is 8.13. The first-order valence-electron chi connectivity index (χ1n) is 12.3. The van der Waals surface area contributed by atoms with Gasteiger partial charge in [0.05, 0.1) is 0 Å². The van der Waals surface area contributed by atoms with Crippen LogP contribution in [0.15, 0.2) is 11.6 Å². The van der Waals surface area contributed by atoms with Crippen molar-refractivity contribution in [1.82, 2.24) is 5.32 Å². The molecule has 1 amide bonds. The first-order chi connectivity index (χ1) is 14.7. The molecule has 0 aromatic rings. The second-order valence-electron chi connectivity index (χ2n) is 11.1. The number of thioether (sulfide) groups is 1. The number of ketones is 1. The molecule has 0 saturated heterocycles. The summed E-state index contributed by atoms with van der Waals surface area (Å²) in [6.07, 6.45) is 10.9.